The largest absolute Gasteiger partial charge is 0.395 e. The molecule has 26 heavy (non-hydrogen) atoms. The maximum Gasteiger partial charge on any atom is 0.226 e. The van der Waals surface area contributed by atoms with E-state index in [-0.39, 0.29) is 18.4 Å². The van der Waals surface area contributed by atoms with Crippen LogP contribution in [0.15, 0.2) is 41.8 Å². The maximum atomic E-state index is 13.0. The Balaban J connectivity index is 1.54. The number of nitrogens with one attached hydrogen (secondary N) is 1. The summed E-state index contributed by atoms with van der Waals surface area (Å²) in [6.07, 6.45) is 1.88. The van der Waals surface area contributed by atoms with Crippen LogP contribution in [0, 0.1) is 12.8 Å². The number of benzene rings is 1. The highest BCUT2D eigenvalue weighted by Gasteiger charge is 2.30. The summed E-state index contributed by atoms with van der Waals surface area (Å²) >= 11 is 1.84. The molecule has 4 nitrogen and oxygen atoms in total. The minimum absolute atomic E-state index is 0.0142. The number of likely N-dealkylation sites (tertiary alicyclic amines) is 1. The number of hydrogen-bond donors (Lipinski definition) is 2. The number of aryl methyl sites for hydroxylation is 1. The van der Waals surface area contributed by atoms with Crippen molar-refractivity contribution in [3.8, 4) is 0 Å². The number of nitrogens with zero attached hydrogens (tertiary/aromatic N) is 1. The Bertz CT molecular complexity index is 693. The smallest absolute Gasteiger partial charge is 0.226 e. The van der Waals surface area contributed by atoms with Crippen molar-refractivity contribution in [3.05, 3.63) is 57.8 Å². The van der Waals surface area contributed by atoms with Gasteiger partial charge in [0.05, 0.1) is 24.6 Å². The van der Waals surface area contributed by atoms with Gasteiger partial charge in [0.15, 0.2) is 0 Å². The molecule has 0 saturated carbocycles. The van der Waals surface area contributed by atoms with Gasteiger partial charge in [-0.2, -0.15) is 0 Å². The summed E-state index contributed by atoms with van der Waals surface area (Å²) in [6, 6.07) is 12.2. The van der Waals surface area contributed by atoms with Crippen LogP contribution in [0.1, 0.15) is 28.8 Å². The topological polar surface area (TPSA) is 45.0 Å². The van der Waals surface area contributed by atoms with Gasteiger partial charge in [-0.1, -0.05) is 30.3 Å². The number of aliphatic hydroxyl groups excluding tert-OH is 1. The average molecular weight is 374 g/mol. The molecular formula is C21H29N2O2S+. The summed E-state index contributed by atoms with van der Waals surface area (Å²) in [5.74, 6) is 0.299. The van der Waals surface area contributed by atoms with E-state index in [1.54, 1.807) is 4.90 Å². The number of amides is 1. The van der Waals surface area contributed by atoms with Crippen LogP contribution in [0.5, 0.6) is 0 Å². The van der Waals surface area contributed by atoms with Crippen molar-refractivity contribution in [2.24, 2.45) is 5.92 Å². The predicted molar refractivity (Wildman–Crippen MR) is 105 cm³/mol. The standard InChI is InChI=1S/C21H28N2O2S/c1-17-9-14-26-20(17)16-22-10-7-19(8-11-22)21(25)23(12-13-24)15-18-5-3-2-4-6-18/h2-6,9,14,19,24H,7-8,10-13,15-16H2,1H3/p+1. The Morgan fingerprint density at radius 1 is 1.23 bits per heavy atom. The van der Waals surface area contributed by atoms with Crippen molar-refractivity contribution in [1.29, 1.82) is 0 Å². The molecule has 0 unspecified atom stereocenters. The second-order valence-electron chi connectivity index (χ2n) is 7.20. The first-order valence-corrected chi connectivity index (χ1v) is 10.4. The lowest BCUT2D eigenvalue weighted by Crippen LogP contribution is -3.11. The third kappa shape index (κ3) is 4.93. The van der Waals surface area contributed by atoms with Crippen LogP contribution < -0.4 is 4.90 Å². The molecule has 140 valence electrons. The number of aliphatic hydroxyl groups is 1. The van der Waals surface area contributed by atoms with E-state index in [9.17, 15) is 9.90 Å². The molecule has 1 fully saturated rings. The van der Waals surface area contributed by atoms with Gasteiger partial charge in [-0.25, -0.2) is 0 Å². The molecule has 1 saturated heterocycles. The van der Waals surface area contributed by atoms with Crippen molar-refractivity contribution in [3.63, 3.8) is 0 Å². The van der Waals surface area contributed by atoms with E-state index in [2.05, 4.69) is 18.4 Å². The van der Waals surface area contributed by atoms with Crippen LogP contribution in [0.25, 0.3) is 0 Å². The Kier molecular flexibility index (Phi) is 6.83. The van der Waals surface area contributed by atoms with Crippen molar-refractivity contribution in [2.45, 2.75) is 32.9 Å². The van der Waals surface area contributed by atoms with Crippen LogP contribution in [-0.2, 0) is 17.9 Å². The second kappa shape index (κ2) is 9.31. The highest BCUT2D eigenvalue weighted by atomic mass is 32.1. The molecule has 0 spiro atoms. The molecule has 1 aliphatic heterocycles. The monoisotopic (exact) mass is 373 g/mol. The van der Waals surface area contributed by atoms with Crippen LogP contribution in [0.3, 0.4) is 0 Å². The summed E-state index contributed by atoms with van der Waals surface area (Å²) < 4.78 is 0. The lowest BCUT2D eigenvalue weighted by Gasteiger charge is -2.32. The Morgan fingerprint density at radius 2 is 1.96 bits per heavy atom. The number of quaternary nitrogens is 1. The average Bonchev–Trinajstić information content (AvgIpc) is 3.07. The molecular weight excluding hydrogens is 344 g/mol. The van der Waals surface area contributed by atoms with Gasteiger partial charge in [0, 0.05) is 31.8 Å². The fourth-order valence-electron chi connectivity index (χ4n) is 3.71. The zero-order valence-corrected chi connectivity index (χ0v) is 16.3. The first kappa shape index (κ1) is 19.1. The fraction of sp³-hybridized carbons (Fsp3) is 0.476. The van der Waals surface area contributed by atoms with E-state index in [4.69, 9.17) is 0 Å². The number of rotatable bonds is 7. The number of piperidine rings is 1. The molecule has 5 heteroatoms. The minimum atomic E-state index is 0.0142. The molecule has 0 bridgehead atoms. The lowest BCUT2D eigenvalue weighted by molar-refractivity contribution is -0.919. The lowest BCUT2D eigenvalue weighted by atomic mass is 9.95. The normalized spacial score (nSPS) is 20.1. The highest BCUT2D eigenvalue weighted by Crippen LogP contribution is 2.18. The second-order valence-corrected chi connectivity index (χ2v) is 8.20. The van der Waals surface area contributed by atoms with Gasteiger partial charge >= 0.3 is 0 Å². The molecule has 3 rings (SSSR count). The van der Waals surface area contributed by atoms with E-state index in [1.165, 1.54) is 10.4 Å². The first-order chi connectivity index (χ1) is 12.7. The molecule has 2 N–H and O–H groups in total. The number of carbonyl (C=O) groups excluding carboxylic acids is 1. The van der Waals surface area contributed by atoms with Crippen LogP contribution in [0.4, 0.5) is 0 Å². The predicted octanol–water partition coefficient (Wildman–Crippen LogP) is 1.87. The molecule has 1 aliphatic rings. The molecule has 2 aromatic rings. The van der Waals surface area contributed by atoms with Crippen molar-refractivity contribution in [2.75, 3.05) is 26.2 Å². The van der Waals surface area contributed by atoms with Crippen LogP contribution >= 0.6 is 11.3 Å². The molecule has 1 aromatic heterocycles. The van der Waals surface area contributed by atoms with Crippen molar-refractivity contribution in [1.82, 2.24) is 4.90 Å². The summed E-state index contributed by atoms with van der Waals surface area (Å²) in [6.45, 7) is 6.36. The first-order valence-electron chi connectivity index (χ1n) is 9.47. The van der Waals surface area contributed by atoms with Crippen LogP contribution in [0.2, 0.25) is 0 Å². The van der Waals surface area contributed by atoms with E-state index in [0.29, 0.717) is 13.1 Å². The summed E-state index contributed by atoms with van der Waals surface area (Å²) in [4.78, 5) is 17.9. The molecule has 0 radical (unpaired) electrons. The van der Waals surface area contributed by atoms with Gasteiger partial charge in [0.25, 0.3) is 0 Å². The van der Waals surface area contributed by atoms with E-state index >= 15 is 0 Å². The SMILES string of the molecule is Cc1ccsc1C[NH+]1CCC(C(=O)N(CCO)Cc2ccccc2)CC1. The Hall–Kier alpha value is -1.69. The van der Waals surface area contributed by atoms with E-state index in [1.807, 2.05) is 46.6 Å². The summed E-state index contributed by atoms with van der Waals surface area (Å²) in [5, 5.41) is 11.5. The zero-order valence-electron chi connectivity index (χ0n) is 15.5. The highest BCUT2D eigenvalue weighted by molar-refractivity contribution is 7.10. The quantitative estimate of drug-likeness (QED) is 0.778. The molecule has 2 heterocycles. The van der Waals surface area contributed by atoms with E-state index < -0.39 is 0 Å². The van der Waals surface area contributed by atoms with Gasteiger partial charge in [-0.05, 0) is 29.5 Å². The third-order valence-electron chi connectivity index (χ3n) is 5.32. The molecule has 1 aromatic carbocycles. The van der Waals surface area contributed by atoms with Gasteiger partial charge in [0.2, 0.25) is 5.91 Å². The Labute approximate surface area is 160 Å². The fourth-order valence-corrected chi connectivity index (χ4v) is 4.69. The van der Waals surface area contributed by atoms with Gasteiger partial charge in [-0.3, -0.25) is 4.79 Å². The van der Waals surface area contributed by atoms with Gasteiger partial charge < -0.3 is 14.9 Å². The number of carbonyl (C=O) groups is 1. The maximum absolute atomic E-state index is 13.0. The van der Waals surface area contributed by atoms with Crippen LogP contribution in [-0.4, -0.2) is 42.2 Å². The van der Waals surface area contributed by atoms with Crippen molar-refractivity contribution >= 4 is 17.2 Å². The van der Waals surface area contributed by atoms with Gasteiger partial charge in [-0.15, -0.1) is 11.3 Å². The molecule has 0 atom stereocenters. The third-order valence-corrected chi connectivity index (χ3v) is 6.34. The molecule has 1 amide bonds. The summed E-state index contributed by atoms with van der Waals surface area (Å²) in [5.41, 5.74) is 2.50. The zero-order chi connectivity index (χ0) is 18.4. The van der Waals surface area contributed by atoms with Crippen molar-refractivity contribution < 1.29 is 14.8 Å². The van der Waals surface area contributed by atoms with E-state index in [0.717, 1.165) is 38.0 Å². The summed E-state index contributed by atoms with van der Waals surface area (Å²) in [7, 11) is 0. The Morgan fingerprint density at radius 3 is 2.58 bits per heavy atom. The number of hydrogen-bond acceptors (Lipinski definition) is 3. The number of thiophene rings is 1. The minimum Gasteiger partial charge on any atom is -0.395 e. The van der Waals surface area contributed by atoms with Gasteiger partial charge in [0.1, 0.15) is 6.54 Å². The molecule has 0 aliphatic carbocycles.